The number of carboxylic acids is 2. The van der Waals surface area contributed by atoms with Crippen molar-refractivity contribution in [1.82, 2.24) is 5.32 Å². The van der Waals surface area contributed by atoms with Crippen LogP contribution in [0.25, 0.3) is 0 Å². The number of carbonyl (C=O) groups is 3. The van der Waals surface area contributed by atoms with Gasteiger partial charge in [-0.15, -0.1) is 0 Å². The molecule has 2 atom stereocenters. The summed E-state index contributed by atoms with van der Waals surface area (Å²) in [5.74, 6) is -3.44. The summed E-state index contributed by atoms with van der Waals surface area (Å²) in [5.41, 5.74) is 5.21. The smallest absolute Gasteiger partial charge is 0.326 e. The highest BCUT2D eigenvalue weighted by Crippen LogP contribution is 1.95. The lowest BCUT2D eigenvalue weighted by Gasteiger charge is -2.15. The Kier molecular flexibility index (Phi) is 6.04. The minimum absolute atomic E-state index is 0.166. The molecule has 0 heterocycles. The topological polar surface area (TPSA) is 150 Å². The molecule has 1 unspecified atom stereocenters. The number of aliphatic carboxylic acids is 2. The molecule has 0 aromatic rings. The van der Waals surface area contributed by atoms with Gasteiger partial charge in [0.1, 0.15) is 6.04 Å². The van der Waals surface area contributed by atoms with E-state index in [4.69, 9.17) is 21.1 Å². The zero-order valence-corrected chi connectivity index (χ0v) is 8.42. The van der Waals surface area contributed by atoms with Crippen LogP contribution < -0.4 is 11.1 Å². The number of carboxylic acid groups (broad SMARTS) is 2. The highest BCUT2D eigenvalue weighted by Gasteiger charge is 2.23. The van der Waals surface area contributed by atoms with Gasteiger partial charge in [-0.1, -0.05) is 0 Å². The third-order valence-corrected chi connectivity index (χ3v) is 1.76. The van der Waals surface area contributed by atoms with Gasteiger partial charge in [-0.3, -0.25) is 9.59 Å². The van der Waals surface area contributed by atoms with Gasteiger partial charge >= 0.3 is 11.9 Å². The first-order chi connectivity index (χ1) is 7.38. The molecule has 0 aromatic heterocycles. The summed E-state index contributed by atoms with van der Waals surface area (Å²) in [5, 5.41) is 27.6. The van der Waals surface area contributed by atoms with Crippen LogP contribution in [0.3, 0.4) is 0 Å². The van der Waals surface area contributed by atoms with E-state index in [0.29, 0.717) is 0 Å². The zero-order valence-electron chi connectivity index (χ0n) is 8.42. The fourth-order valence-electron chi connectivity index (χ4n) is 0.946. The van der Waals surface area contributed by atoms with Crippen molar-refractivity contribution in [2.24, 2.45) is 5.73 Å². The van der Waals surface area contributed by atoms with Crippen LogP contribution in [0.5, 0.6) is 0 Å². The summed E-state index contributed by atoms with van der Waals surface area (Å²) in [4.78, 5) is 32.1. The van der Waals surface area contributed by atoms with Gasteiger partial charge in [-0.05, 0) is 0 Å². The molecule has 0 aliphatic rings. The van der Waals surface area contributed by atoms with Crippen molar-refractivity contribution in [3.63, 3.8) is 0 Å². The number of amides is 1. The number of nitrogens with two attached hydrogens (primary N) is 1. The van der Waals surface area contributed by atoms with Crippen LogP contribution in [-0.4, -0.2) is 51.9 Å². The average molecular weight is 234 g/mol. The van der Waals surface area contributed by atoms with Gasteiger partial charge in [-0.25, -0.2) is 4.79 Å². The van der Waals surface area contributed by atoms with Crippen molar-refractivity contribution in [3.05, 3.63) is 0 Å². The summed E-state index contributed by atoms with van der Waals surface area (Å²) in [6.07, 6.45) is -0.752. The first kappa shape index (κ1) is 14.3. The molecule has 0 radical (unpaired) electrons. The van der Waals surface area contributed by atoms with Crippen LogP contribution >= 0.6 is 0 Å². The van der Waals surface area contributed by atoms with E-state index < -0.39 is 43.0 Å². The second kappa shape index (κ2) is 6.75. The Labute approximate surface area is 91.1 Å². The van der Waals surface area contributed by atoms with E-state index in [1.807, 2.05) is 5.32 Å². The van der Waals surface area contributed by atoms with Gasteiger partial charge in [0, 0.05) is 13.0 Å². The van der Waals surface area contributed by atoms with E-state index in [-0.39, 0.29) is 6.42 Å². The molecule has 16 heavy (non-hydrogen) atoms. The van der Waals surface area contributed by atoms with Crippen molar-refractivity contribution in [1.29, 1.82) is 0 Å². The first-order valence-corrected chi connectivity index (χ1v) is 4.50. The monoisotopic (exact) mass is 234 g/mol. The van der Waals surface area contributed by atoms with Crippen molar-refractivity contribution in [3.8, 4) is 0 Å². The van der Waals surface area contributed by atoms with Crippen LogP contribution in [0.1, 0.15) is 12.8 Å². The Morgan fingerprint density at radius 1 is 1.25 bits per heavy atom. The van der Waals surface area contributed by atoms with Crippen LogP contribution in [0, 0.1) is 0 Å². The summed E-state index contributed by atoms with van der Waals surface area (Å²) in [7, 11) is 0. The highest BCUT2D eigenvalue weighted by atomic mass is 16.4. The number of nitrogens with one attached hydrogen (secondary N) is 1. The first-order valence-electron chi connectivity index (χ1n) is 4.50. The van der Waals surface area contributed by atoms with Crippen LogP contribution in [-0.2, 0) is 14.4 Å². The van der Waals surface area contributed by atoms with E-state index in [2.05, 4.69) is 0 Å². The quantitative estimate of drug-likeness (QED) is 0.333. The maximum atomic E-state index is 11.2. The molecule has 0 bridgehead atoms. The van der Waals surface area contributed by atoms with Gasteiger partial charge < -0.3 is 26.4 Å². The van der Waals surface area contributed by atoms with Crippen LogP contribution in [0.4, 0.5) is 0 Å². The fourth-order valence-corrected chi connectivity index (χ4v) is 0.946. The van der Waals surface area contributed by atoms with Gasteiger partial charge in [0.25, 0.3) is 0 Å². The van der Waals surface area contributed by atoms with Crippen LogP contribution in [0.2, 0.25) is 0 Å². The predicted octanol–water partition coefficient (Wildman–Crippen LogP) is -2.26. The SMILES string of the molecule is NC(CC(=O)O)C(=O)N[C@@H](CCO)C(=O)O. The molecule has 92 valence electrons. The Balaban J connectivity index is 4.28. The predicted molar refractivity (Wildman–Crippen MR) is 51.5 cm³/mol. The Bertz CT molecular complexity index is 280. The van der Waals surface area contributed by atoms with Crippen molar-refractivity contribution >= 4 is 17.8 Å². The molecular formula is C8H14N2O6. The molecule has 1 amide bonds. The molecule has 6 N–H and O–H groups in total. The molecule has 0 fully saturated rings. The van der Waals surface area contributed by atoms with Gasteiger partial charge in [0.05, 0.1) is 12.5 Å². The third kappa shape index (κ3) is 5.27. The van der Waals surface area contributed by atoms with E-state index in [0.717, 1.165) is 0 Å². The largest absolute Gasteiger partial charge is 0.481 e. The third-order valence-electron chi connectivity index (χ3n) is 1.76. The van der Waals surface area contributed by atoms with E-state index in [1.165, 1.54) is 0 Å². The van der Waals surface area contributed by atoms with Crippen molar-refractivity contribution in [2.75, 3.05) is 6.61 Å². The molecule has 0 aliphatic carbocycles. The highest BCUT2D eigenvalue weighted by molar-refractivity contribution is 5.89. The lowest BCUT2D eigenvalue weighted by molar-refractivity contribution is -0.143. The molecule has 0 aromatic carbocycles. The maximum Gasteiger partial charge on any atom is 0.326 e. The molecule has 0 aliphatic heterocycles. The summed E-state index contributed by atoms with van der Waals surface area (Å²) >= 11 is 0. The summed E-state index contributed by atoms with van der Waals surface area (Å²) < 4.78 is 0. The van der Waals surface area contributed by atoms with E-state index in [1.54, 1.807) is 0 Å². The second-order valence-corrected chi connectivity index (χ2v) is 3.12. The van der Waals surface area contributed by atoms with E-state index in [9.17, 15) is 14.4 Å². The van der Waals surface area contributed by atoms with Crippen molar-refractivity contribution in [2.45, 2.75) is 24.9 Å². The molecular weight excluding hydrogens is 220 g/mol. The molecule has 8 nitrogen and oxygen atoms in total. The second-order valence-electron chi connectivity index (χ2n) is 3.12. The number of carbonyl (C=O) groups excluding carboxylic acids is 1. The molecule has 0 saturated heterocycles. The van der Waals surface area contributed by atoms with Crippen LogP contribution in [0.15, 0.2) is 0 Å². The fraction of sp³-hybridized carbons (Fsp3) is 0.625. The van der Waals surface area contributed by atoms with E-state index >= 15 is 0 Å². The van der Waals surface area contributed by atoms with Gasteiger partial charge in [0.15, 0.2) is 0 Å². The number of rotatable bonds is 7. The van der Waals surface area contributed by atoms with Crippen molar-refractivity contribution < 1.29 is 29.7 Å². The zero-order chi connectivity index (χ0) is 12.7. The molecule has 0 rings (SSSR count). The Hall–Kier alpha value is -1.67. The van der Waals surface area contributed by atoms with Gasteiger partial charge in [-0.2, -0.15) is 0 Å². The maximum absolute atomic E-state index is 11.2. The standard InChI is InChI=1S/C8H14N2O6/c9-4(3-6(12)13)7(14)10-5(1-2-11)8(15)16/h4-5,11H,1-3,9H2,(H,10,14)(H,12,13)(H,15,16)/t4?,5-/m0/s1. The number of hydrogen-bond donors (Lipinski definition) is 5. The summed E-state index contributed by atoms with van der Waals surface area (Å²) in [6, 6.07) is -2.57. The number of aliphatic hydroxyl groups excluding tert-OH is 1. The normalized spacial score (nSPS) is 13.9. The summed E-state index contributed by atoms with van der Waals surface area (Å²) in [6.45, 7) is -0.411. The minimum Gasteiger partial charge on any atom is -0.481 e. The molecule has 0 spiro atoms. The Morgan fingerprint density at radius 3 is 2.19 bits per heavy atom. The Morgan fingerprint density at radius 2 is 1.81 bits per heavy atom. The lowest BCUT2D eigenvalue weighted by Crippen LogP contribution is -2.49. The molecule has 8 heteroatoms. The number of hydrogen-bond acceptors (Lipinski definition) is 5. The van der Waals surface area contributed by atoms with Gasteiger partial charge in [0.2, 0.25) is 5.91 Å². The molecule has 0 saturated carbocycles. The lowest BCUT2D eigenvalue weighted by atomic mass is 10.1. The minimum atomic E-state index is -1.31. The number of aliphatic hydroxyl groups is 1. The average Bonchev–Trinajstić information content (AvgIpc) is 2.15.